The topological polar surface area (TPSA) is 26.0 Å². The van der Waals surface area contributed by atoms with E-state index in [1.165, 1.54) is 26.9 Å². The van der Waals surface area contributed by atoms with Crippen molar-refractivity contribution < 1.29 is 4.42 Å². The number of para-hydroxylation sites is 1. The van der Waals surface area contributed by atoms with E-state index in [-0.39, 0.29) is 0 Å². The van der Waals surface area contributed by atoms with Crippen molar-refractivity contribution in [3.63, 3.8) is 0 Å². The SMILES string of the molecule is CCc1nc2cc3ccccc3cc2c2c1oc1ccccc12. The number of pyridine rings is 1. The highest BCUT2D eigenvalue weighted by atomic mass is 16.3. The lowest BCUT2D eigenvalue weighted by molar-refractivity contribution is 0.660. The van der Waals surface area contributed by atoms with Crippen LogP contribution >= 0.6 is 0 Å². The lowest BCUT2D eigenvalue weighted by atomic mass is 10.0. The second kappa shape index (κ2) is 4.56. The zero-order valence-electron chi connectivity index (χ0n) is 12.8. The first kappa shape index (κ1) is 12.7. The molecule has 2 nitrogen and oxygen atoms in total. The molecule has 0 aliphatic heterocycles. The van der Waals surface area contributed by atoms with Gasteiger partial charge in [0.2, 0.25) is 0 Å². The van der Waals surface area contributed by atoms with E-state index >= 15 is 0 Å². The van der Waals surface area contributed by atoms with Crippen molar-refractivity contribution >= 4 is 43.6 Å². The minimum absolute atomic E-state index is 0.860. The van der Waals surface area contributed by atoms with Gasteiger partial charge in [-0.3, -0.25) is 0 Å². The van der Waals surface area contributed by atoms with E-state index in [1.807, 2.05) is 12.1 Å². The van der Waals surface area contributed by atoms with Crippen LogP contribution in [-0.4, -0.2) is 4.98 Å². The van der Waals surface area contributed by atoms with E-state index in [1.54, 1.807) is 0 Å². The van der Waals surface area contributed by atoms with Gasteiger partial charge in [0.25, 0.3) is 0 Å². The van der Waals surface area contributed by atoms with Gasteiger partial charge in [-0.1, -0.05) is 49.4 Å². The molecule has 2 heterocycles. The van der Waals surface area contributed by atoms with Gasteiger partial charge in [-0.25, -0.2) is 4.98 Å². The molecule has 0 atom stereocenters. The second-order valence-electron chi connectivity index (χ2n) is 5.93. The first-order valence-electron chi connectivity index (χ1n) is 7.98. The van der Waals surface area contributed by atoms with Crippen molar-refractivity contribution in [3.8, 4) is 0 Å². The fraction of sp³-hybridized carbons (Fsp3) is 0.0952. The van der Waals surface area contributed by atoms with Crippen molar-refractivity contribution in [1.29, 1.82) is 0 Å². The molecule has 23 heavy (non-hydrogen) atoms. The number of furan rings is 1. The number of aryl methyl sites for hydroxylation is 1. The molecule has 2 aromatic heterocycles. The Kier molecular flexibility index (Phi) is 2.51. The molecule has 0 saturated heterocycles. The Hall–Kier alpha value is -2.87. The van der Waals surface area contributed by atoms with Gasteiger partial charge >= 0.3 is 0 Å². The minimum atomic E-state index is 0.860. The van der Waals surface area contributed by atoms with Gasteiger partial charge in [0.1, 0.15) is 5.58 Å². The number of rotatable bonds is 1. The highest BCUT2D eigenvalue weighted by molar-refractivity contribution is 6.20. The van der Waals surface area contributed by atoms with Gasteiger partial charge in [0.05, 0.1) is 11.2 Å². The molecule has 0 bridgehead atoms. The monoisotopic (exact) mass is 297 g/mol. The Morgan fingerprint density at radius 1 is 0.870 bits per heavy atom. The van der Waals surface area contributed by atoms with Crippen molar-refractivity contribution in [2.75, 3.05) is 0 Å². The number of nitrogens with zero attached hydrogens (tertiary/aromatic N) is 1. The Morgan fingerprint density at radius 2 is 1.61 bits per heavy atom. The van der Waals surface area contributed by atoms with Crippen LogP contribution in [-0.2, 0) is 6.42 Å². The highest BCUT2D eigenvalue weighted by Crippen LogP contribution is 2.37. The molecular weight excluding hydrogens is 282 g/mol. The summed E-state index contributed by atoms with van der Waals surface area (Å²) < 4.78 is 6.13. The zero-order chi connectivity index (χ0) is 15.4. The molecule has 110 valence electrons. The first-order valence-corrected chi connectivity index (χ1v) is 7.98. The maximum Gasteiger partial charge on any atom is 0.157 e. The molecular formula is C21H15NO. The molecule has 2 heteroatoms. The third-order valence-corrected chi connectivity index (χ3v) is 4.58. The van der Waals surface area contributed by atoms with Crippen molar-refractivity contribution in [3.05, 3.63) is 66.4 Å². The van der Waals surface area contributed by atoms with Crippen LogP contribution in [0.2, 0.25) is 0 Å². The van der Waals surface area contributed by atoms with Gasteiger partial charge < -0.3 is 4.42 Å². The molecule has 0 saturated carbocycles. The lowest BCUT2D eigenvalue weighted by Crippen LogP contribution is -1.90. The van der Waals surface area contributed by atoms with E-state index in [0.29, 0.717) is 0 Å². The Labute approximate surface area is 133 Å². The summed E-state index contributed by atoms with van der Waals surface area (Å²) in [4.78, 5) is 4.87. The van der Waals surface area contributed by atoms with Gasteiger partial charge in [-0.2, -0.15) is 0 Å². The summed E-state index contributed by atoms with van der Waals surface area (Å²) in [5.41, 5.74) is 3.93. The van der Waals surface area contributed by atoms with Gasteiger partial charge in [0.15, 0.2) is 5.58 Å². The molecule has 0 spiro atoms. The molecule has 0 aliphatic rings. The molecule has 0 aliphatic carbocycles. The standard InChI is InChI=1S/C21H15NO/c1-2-17-21-20(15-9-5-6-10-19(15)23-21)16-11-13-7-3-4-8-14(13)12-18(16)22-17/h3-12H,2H2,1H3. The van der Waals surface area contributed by atoms with Gasteiger partial charge in [-0.15, -0.1) is 0 Å². The fourth-order valence-electron chi connectivity index (χ4n) is 3.47. The van der Waals surface area contributed by atoms with Crippen molar-refractivity contribution in [1.82, 2.24) is 4.98 Å². The molecule has 0 fully saturated rings. The number of hydrogen-bond acceptors (Lipinski definition) is 2. The highest BCUT2D eigenvalue weighted by Gasteiger charge is 2.15. The van der Waals surface area contributed by atoms with Crippen LogP contribution in [0.3, 0.4) is 0 Å². The van der Waals surface area contributed by atoms with E-state index in [9.17, 15) is 0 Å². The fourth-order valence-corrected chi connectivity index (χ4v) is 3.47. The number of aromatic nitrogens is 1. The van der Waals surface area contributed by atoms with E-state index in [4.69, 9.17) is 9.40 Å². The Morgan fingerprint density at radius 3 is 2.43 bits per heavy atom. The predicted molar refractivity (Wildman–Crippen MR) is 95.9 cm³/mol. The summed E-state index contributed by atoms with van der Waals surface area (Å²) in [6.07, 6.45) is 0.860. The van der Waals surface area contributed by atoms with Crippen LogP contribution in [0.4, 0.5) is 0 Å². The van der Waals surface area contributed by atoms with Gasteiger partial charge in [0, 0.05) is 16.2 Å². The third-order valence-electron chi connectivity index (χ3n) is 4.58. The summed E-state index contributed by atoms with van der Waals surface area (Å²) in [7, 11) is 0. The lowest BCUT2D eigenvalue weighted by Gasteiger charge is -2.06. The largest absolute Gasteiger partial charge is 0.454 e. The first-order chi connectivity index (χ1) is 11.3. The second-order valence-corrected chi connectivity index (χ2v) is 5.93. The van der Waals surface area contributed by atoms with Crippen molar-refractivity contribution in [2.24, 2.45) is 0 Å². The van der Waals surface area contributed by atoms with Crippen LogP contribution < -0.4 is 0 Å². The maximum atomic E-state index is 6.13. The molecule has 5 rings (SSSR count). The zero-order valence-corrected chi connectivity index (χ0v) is 12.8. The average molecular weight is 297 g/mol. The summed E-state index contributed by atoms with van der Waals surface area (Å²) in [6, 6.07) is 21.1. The Balaban J connectivity index is 2.09. The van der Waals surface area contributed by atoms with Crippen LogP contribution in [0.25, 0.3) is 43.6 Å². The van der Waals surface area contributed by atoms with E-state index in [2.05, 4.69) is 55.5 Å². The van der Waals surface area contributed by atoms with Gasteiger partial charge in [-0.05, 0) is 35.4 Å². The molecule has 5 aromatic rings. The summed E-state index contributed by atoms with van der Waals surface area (Å²) >= 11 is 0. The number of fused-ring (bicyclic) bond motifs is 6. The Bertz CT molecular complexity index is 1200. The van der Waals surface area contributed by atoms with E-state index < -0.39 is 0 Å². The molecule has 0 N–H and O–H groups in total. The summed E-state index contributed by atoms with van der Waals surface area (Å²) in [5.74, 6) is 0. The molecule has 0 amide bonds. The average Bonchev–Trinajstić information content (AvgIpc) is 2.99. The number of hydrogen-bond donors (Lipinski definition) is 0. The van der Waals surface area contributed by atoms with Crippen LogP contribution in [0.15, 0.2) is 65.1 Å². The minimum Gasteiger partial charge on any atom is -0.454 e. The summed E-state index contributed by atoms with van der Waals surface area (Å²) in [5, 5.41) is 5.98. The summed E-state index contributed by atoms with van der Waals surface area (Å²) in [6.45, 7) is 2.13. The quantitative estimate of drug-likeness (QED) is 0.363. The van der Waals surface area contributed by atoms with Crippen LogP contribution in [0.5, 0.6) is 0 Å². The normalized spacial score (nSPS) is 11.9. The molecule has 3 aromatic carbocycles. The third kappa shape index (κ3) is 1.72. The van der Waals surface area contributed by atoms with Crippen LogP contribution in [0, 0.1) is 0 Å². The molecule has 0 unspecified atom stereocenters. The van der Waals surface area contributed by atoms with Crippen LogP contribution in [0.1, 0.15) is 12.6 Å². The van der Waals surface area contributed by atoms with E-state index in [0.717, 1.165) is 28.8 Å². The predicted octanol–water partition coefficient (Wildman–Crippen LogP) is 5.85. The van der Waals surface area contributed by atoms with Crippen molar-refractivity contribution in [2.45, 2.75) is 13.3 Å². The smallest absolute Gasteiger partial charge is 0.157 e. The molecule has 0 radical (unpaired) electrons. The number of benzene rings is 3. The maximum absolute atomic E-state index is 6.13.